The Bertz CT molecular complexity index is 1380. The molecule has 200 valence electrons. The minimum atomic E-state index is -3.90. The van der Waals surface area contributed by atoms with Gasteiger partial charge in [0.2, 0.25) is 5.28 Å². The van der Waals surface area contributed by atoms with E-state index in [0.29, 0.717) is 30.8 Å². The summed E-state index contributed by atoms with van der Waals surface area (Å²) in [5.74, 6) is 0.396. The van der Waals surface area contributed by atoms with Crippen LogP contribution < -0.4 is 5.32 Å². The smallest absolute Gasteiger partial charge is 0.410 e. The van der Waals surface area contributed by atoms with Crippen molar-refractivity contribution in [3.05, 3.63) is 47.4 Å². The van der Waals surface area contributed by atoms with Gasteiger partial charge in [-0.2, -0.15) is 4.98 Å². The van der Waals surface area contributed by atoms with E-state index in [1.54, 1.807) is 42.3 Å². The molecule has 0 bridgehead atoms. The molecule has 37 heavy (non-hydrogen) atoms. The number of likely N-dealkylation sites (tertiary alicyclic amines) is 1. The van der Waals surface area contributed by atoms with Crippen LogP contribution in [0.25, 0.3) is 11.0 Å². The van der Waals surface area contributed by atoms with Crippen molar-refractivity contribution in [2.75, 3.05) is 25.6 Å². The number of ether oxygens (including phenoxy) is 2. The van der Waals surface area contributed by atoms with Crippen LogP contribution in [0.4, 0.5) is 10.6 Å². The molecule has 0 aliphatic carbocycles. The van der Waals surface area contributed by atoms with Crippen LogP contribution in [0.1, 0.15) is 39.2 Å². The minimum absolute atomic E-state index is 0.0916. The number of nitrogens with zero attached hydrogens (tertiary/aromatic N) is 4. The lowest BCUT2D eigenvalue weighted by molar-refractivity contribution is -0.00382. The van der Waals surface area contributed by atoms with Gasteiger partial charge in [0.15, 0.2) is 5.65 Å². The van der Waals surface area contributed by atoms with Gasteiger partial charge >= 0.3 is 6.09 Å². The Labute approximate surface area is 222 Å². The molecule has 1 N–H and O–H groups in total. The summed E-state index contributed by atoms with van der Waals surface area (Å²) in [4.78, 5) is 23.3. The number of fused-ring (bicyclic) bond motifs is 1. The molecule has 3 aromatic rings. The van der Waals surface area contributed by atoms with Crippen LogP contribution in [0.5, 0.6) is 0 Å². The van der Waals surface area contributed by atoms with Crippen LogP contribution in [-0.4, -0.2) is 71.3 Å². The topological polar surface area (TPSA) is 116 Å². The number of hydrogen-bond donors (Lipinski definition) is 1. The molecule has 1 aliphatic rings. The standard InChI is InChI=1S/C25H32ClN5O5S/c1-16-6-10-19(11-7-16)37(33,34)31-13-12-20-21(28-23(26)29-22(20)31)27-17-8-9-18(15-35-5)30(14-17)24(32)36-25(2,3)4/h6-7,10-13,17-18H,8-9,14-15H2,1-5H3,(H,27,28,29). The first-order valence-corrected chi connectivity index (χ1v) is 13.8. The van der Waals surface area contributed by atoms with Gasteiger partial charge in [-0.25, -0.2) is 22.2 Å². The molecule has 1 aliphatic heterocycles. The number of nitrogens with one attached hydrogen (secondary N) is 1. The van der Waals surface area contributed by atoms with Gasteiger partial charge in [0.1, 0.15) is 11.4 Å². The van der Waals surface area contributed by atoms with Crippen molar-refractivity contribution < 1.29 is 22.7 Å². The molecule has 2 aromatic heterocycles. The summed E-state index contributed by atoms with van der Waals surface area (Å²) in [6.45, 7) is 8.11. The molecule has 2 unspecified atom stereocenters. The summed E-state index contributed by atoms with van der Waals surface area (Å²) >= 11 is 6.23. The predicted octanol–water partition coefficient (Wildman–Crippen LogP) is 4.46. The maximum absolute atomic E-state index is 13.3. The second-order valence-corrected chi connectivity index (χ2v) is 12.3. The van der Waals surface area contributed by atoms with Crippen molar-refractivity contribution in [2.45, 2.75) is 63.1 Å². The van der Waals surface area contributed by atoms with E-state index in [0.717, 1.165) is 16.0 Å². The van der Waals surface area contributed by atoms with E-state index in [2.05, 4.69) is 15.3 Å². The third-order valence-corrected chi connectivity index (χ3v) is 7.94. The summed E-state index contributed by atoms with van der Waals surface area (Å²) < 4.78 is 38.7. The Balaban J connectivity index is 1.63. The number of halogens is 1. The van der Waals surface area contributed by atoms with Gasteiger partial charge in [0, 0.05) is 25.9 Å². The van der Waals surface area contributed by atoms with E-state index in [1.807, 2.05) is 27.7 Å². The maximum Gasteiger partial charge on any atom is 0.410 e. The highest BCUT2D eigenvalue weighted by Gasteiger charge is 2.35. The summed E-state index contributed by atoms with van der Waals surface area (Å²) in [7, 11) is -2.30. The quantitative estimate of drug-likeness (QED) is 0.448. The van der Waals surface area contributed by atoms with E-state index < -0.39 is 21.7 Å². The first kappa shape index (κ1) is 27.2. The monoisotopic (exact) mass is 549 g/mol. The van der Waals surface area contributed by atoms with Gasteiger partial charge in [0.25, 0.3) is 10.0 Å². The molecule has 0 radical (unpaired) electrons. The highest BCUT2D eigenvalue weighted by atomic mass is 35.5. The molecule has 1 fully saturated rings. The van der Waals surface area contributed by atoms with Crippen LogP contribution in [0, 0.1) is 6.92 Å². The van der Waals surface area contributed by atoms with E-state index in [9.17, 15) is 13.2 Å². The van der Waals surface area contributed by atoms with E-state index in [4.69, 9.17) is 21.1 Å². The van der Waals surface area contributed by atoms with Crippen LogP contribution in [-0.2, 0) is 19.5 Å². The fraction of sp³-hybridized carbons (Fsp3) is 0.480. The third kappa shape index (κ3) is 6.00. The Hall–Kier alpha value is -2.89. The molecule has 0 spiro atoms. The van der Waals surface area contributed by atoms with Gasteiger partial charge in [-0.1, -0.05) is 17.7 Å². The largest absolute Gasteiger partial charge is 0.444 e. The first-order valence-electron chi connectivity index (χ1n) is 12.0. The van der Waals surface area contributed by atoms with Crippen molar-refractivity contribution >= 4 is 44.6 Å². The van der Waals surface area contributed by atoms with Crippen LogP contribution in [0.15, 0.2) is 41.4 Å². The molecule has 10 nitrogen and oxygen atoms in total. The first-order chi connectivity index (χ1) is 17.4. The summed E-state index contributed by atoms with van der Waals surface area (Å²) in [5, 5.41) is 3.76. The maximum atomic E-state index is 13.3. The number of aromatic nitrogens is 3. The molecule has 1 amide bonds. The predicted molar refractivity (Wildman–Crippen MR) is 142 cm³/mol. The Kier molecular flexibility index (Phi) is 7.68. The Morgan fingerprint density at radius 2 is 1.86 bits per heavy atom. The lowest BCUT2D eigenvalue weighted by Crippen LogP contribution is -2.53. The molecule has 4 rings (SSSR count). The number of amides is 1. The summed E-state index contributed by atoms with van der Waals surface area (Å²) in [5.41, 5.74) is 0.488. The van der Waals surface area contributed by atoms with Crippen molar-refractivity contribution in [2.24, 2.45) is 0 Å². The van der Waals surface area contributed by atoms with Crippen LogP contribution in [0.2, 0.25) is 5.28 Å². The van der Waals surface area contributed by atoms with Gasteiger partial charge < -0.3 is 19.7 Å². The number of hydrogen-bond acceptors (Lipinski definition) is 8. The van der Waals surface area contributed by atoms with Gasteiger partial charge in [-0.15, -0.1) is 0 Å². The highest BCUT2D eigenvalue weighted by Crippen LogP contribution is 2.29. The Morgan fingerprint density at radius 1 is 1.16 bits per heavy atom. The number of carbonyl (C=O) groups is 1. The van der Waals surface area contributed by atoms with E-state index in [1.165, 1.54) is 6.20 Å². The number of rotatable bonds is 6. The lowest BCUT2D eigenvalue weighted by atomic mass is 9.99. The molecule has 2 atom stereocenters. The average Bonchev–Trinajstić information content (AvgIpc) is 3.24. The number of anilines is 1. The molecule has 3 heterocycles. The van der Waals surface area contributed by atoms with Gasteiger partial charge in [-0.3, -0.25) is 0 Å². The van der Waals surface area contributed by atoms with E-state index in [-0.39, 0.29) is 27.9 Å². The molecular formula is C25H32ClN5O5S. The lowest BCUT2D eigenvalue weighted by Gasteiger charge is -2.40. The van der Waals surface area contributed by atoms with Crippen molar-refractivity contribution in [3.8, 4) is 0 Å². The summed E-state index contributed by atoms with van der Waals surface area (Å²) in [6, 6.07) is 7.94. The van der Waals surface area contributed by atoms with Crippen LogP contribution >= 0.6 is 11.6 Å². The number of aryl methyl sites for hydroxylation is 1. The molecule has 1 saturated heterocycles. The Morgan fingerprint density at radius 3 is 2.51 bits per heavy atom. The molecule has 0 saturated carbocycles. The van der Waals surface area contributed by atoms with Crippen molar-refractivity contribution in [1.29, 1.82) is 0 Å². The zero-order chi connectivity index (χ0) is 27.0. The van der Waals surface area contributed by atoms with Crippen LogP contribution in [0.3, 0.4) is 0 Å². The third-order valence-electron chi connectivity index (χ3n) is 6.10. The highest BCUT2D eigenvalue weighted by molar-refractivity contribution is 7.90. The fourth-order valence-corrected chi connectivity index (χ4v) is 5.80. The fourth-order valence-electron chi connectivity index (χ4n) is 4.34. The van der Waals surface area contributed by atoms with Crippen molar-refractivity contribution in [1.82, 2.24) is 18.8 Å². The number of carbonyl (C=O) groups excluding carboxylic acids is 1. The zero-order valence-electron chi connectivity index (χ0n) is 21.6. The SMILES string of the molecule is COCC1CCC(Nc2nc(Cl)nc3c2ccn3S(=O)(=O)c2ccc(C)cc2)CN1C(=O)OC(C)(C)C. The second-order valence-electron chi connectivity index (χ2n) is 10.2. The summed E-state index contributed by atoms with van der Waals surface area (Å²) in [6.07, 6.45) is 2.45. The zero-order valence-corrected chi connectivity index (χ0v) is 23.1. The van der Waals surface area contributed by atoms with E-state index >= 15 is 0 Å². The minimum Gasteiger partial charge on any atom is -0.444 e. The average molecular weight is 550 g/mol. The number of piperidine rings is 1. The number of benzene rings is 1. The number of methoxy groups -OCH3 is 1. The molecule has 1 aromatic carbocycles. The van der Waals surface area contributed by atoms with Gasteiger partial charge in [0.05, 0.1) is 22.9 Å². The molecule has 12 heteroatoms. The molecular weight excluding hydrogens is 518 g/mol. The van der Waals surface area contributed by atoms with Gasteiger partial charge in [-0.05, 0) is 70.3 Å². The van der Waals surface area contributed by atoms with Crippen molar-refractivity contribution in [3.63, 3.8) is 0 Å². The normalized spacial score (nSPS) is 18.7. The second kappa shape index (κ2) is 10.5.